The van der Waals surface area contributed by atoms with Crippen LogP contribution in [0, 0.1) is 0 Å². The average molecular weight is 518 g/mol. The number of alkyl halides is 3. The number of rotatable bonds is 4. The van der Waals surface area contributed by atoms with Crippen molar-refractivity contribution in [1.29, 1.82) is 0 Å². The summed E-state index contributed by atoms with van der Waals surface area (Å²) in [6, 6.07) is 4.49. The molecule has 4 rings (SSSR count). The molecule has 0 bridgehead atoms. The molecule has 2 atom stereocenters. The molecular formula is C20H15ClF3N3O6S. The number of carbonyl (C=O) groups is 3. The Kier molecular flexibility index (Phi) is 5.82. The van der Waals surface area contributed by atoms with Crippen LogP contribution in [0.2, 0.25) is 5.02 Å². The quantitative estimate of drug-likeness (QED) is 0.533. The summed E-state index contributed by atoms with van der Waals surface area (Å²) in [6.45, 7) is 0. The van der Waals surface area contributed by atoms with E-state index in [1.165, 1.54) is 12.1 Å². The molecule has 2 unspecified atom stereocenters. The minimum absolute atomic E-state index is 0.0127. The van der Waals surface area contributed by atoms with Crippen molar-refractivity contribution in [1.82, 2.24) is 10.2 Å². The lowest BCUT2D eigenvalue weighted by atomic mass is 10.0. The Balaban J connectivity index is 1.62. The standard InChI is InChI=1S/C20H15ClF3N3O6S/c21-14-4-2-10(8-13(14)20(22,23)24)34(32,33)26-9-1-3-11-12(7-9)19(31)27(18(11)30)15-5-6-16(28)25-17(15)29/h1-4,7-8,15,17,26,29H,5-6H2,(H,25,28). The average Bonchev–Trinajstić information content (AvgIpc) is 2.97. The Hall–Kier alpha value is -3.16. The third kappa shape index (κ3) is 4.21. The predicted octanol–water partition coefficient (Wildman–Crippen LogP) is 2.35. The van der Waals surface area contributed by atoms with Crippen LogP contribution in [-0.2, 0) is 21.0 Å². The molecule has 180 valence electrons. The van der Waals surface area contributed by atoms with Gasteiger partial charge in [-0.05, 0) is 42.8 Å². The number of fused-ring (bicyclic) bond motifs is 1. The van der Waals surface area contributed by atoms with E-state index in [0.29, 0.717) is 6.07 Å². The van der Waals surface area contributed by atoms with Crippen molar-refractivity contribution >= 4 is 45.0 Å². The molecule has 1 saturated heterocycles. The zero-order valence-corrected chi connectivity index (χ0v) is 18.5. The van der Waals surface area contributed by atoms with E-state index >= 15 is 0 Å². The maximum absolute atomic E-state index is 13.1. The van der Waals surface area contributed by atoms with E-state index in [-0.39, 0.29) is 29.7 Å². The van der Waals surface area contributed by atoms with Crippen LogP contribution in [0.4, 0.5) is 18.9 Å². The van der Waals surface area contributed by atoms with Gasteiger partial charge in [0.2, 0.25) is 5.91 Å². The molecule has 14 heteroatoms. The number of sulfonamides is 1. The van der Waals surface area contributed by atoms with Gasteiger partial charge in [0.25, 0.3) is 21.8 Å². The number of halogens is 4. The molecule has 0 aromatic heterocycles. The topological polar surface area (TPSA) is 133 Å². The number of hydrogen-bond donors (Lipinski definition) is 3. The number of benzene rings is 2. The van der Waals surface area contributed by atoms with Crippen LogP contribution in [0.1, 0.15) is 39.1 Å². The number of anilines is 1. The van der Waals surface area contributed by atoms with Crippen LogP contribution in [0.25, 0.3) is 0 Å². The summed E-state index contributed by atoms with van der Waals surface area (Å²) >= 11 is 5.53. The summed E-state index contributed by atoms with van der Waals surface area (Å²) in [5.74, 6) is -1.98. The fraction of sp³-hybridized carbons (Fsp3) is 0.250. The van der Waals surface area contributed by atoms with Gasteiger partial charge in [0.15, 0.2) is 0 Å². The smallest absolute Gasteiger partial charge is 0.372 e. The molecule has 2 aliphatic rings. The van der Waals surface area contributed by atoms with Gasteiger partial charge in [0.1, 0.15) is 6.23 Å². The number of hydrogen-bond acceptors (Lipinski definition) is 6. The van der Waals surface area contributed by atoms with Crippen LogP contribution in [0.15, 0.2) is 41.3 Å². The van der Waals surface area contributed by atoms with E-state index in [2.05, 4.69) is 10.0 Å². The molecule has 2 aromatic rings. The number of aliphatic hydroxyl groups excluding tert-OH is 1. The number of aliphatic hydroxyl groups is 1. The Labute approximate surface area is 195 Å². The zero-order valence-electron chi connectivity index (χ0n) is 16.9. The first-order valence-corrected chi connectivity index (χ1v) is 11.5. The first-order valence-electron chi connectivity index (χ1n) is 9.68. The second-order valence-corrected chi connectivity index (χ2v) is 9.69. The molecule has 0 spiro atoms. The highest BCUT2D eigenvalue weighted by Gasteiger charge is 2.44. The fourth-order valence-electron chi connectivity index (χ4n) is 3.77. The van der Waals surface area contributed by atoms with E-state index in [0.717, 1.165) is 23.1 Å². The molecule has 0 saturated carbocycles. The first-order chi connectivity index (χ1) is 15.8. The maximum atomic E-state index is 13.1. The van der Waals surface area contributed by atoms with Gasteiger partial charge in [-0.15, -0.1) is 0 Å². The van der Waals surface area contributed by atoms with Gasteiger partial charge < -0.3 is 10.4 Å². The van der Waals surface area contributed by atoms with Crippen LogP contribution < -0.4 is 10.0 Å². The lowest BCUT2D eigenvalue weighted by molar-refractivity contribution is -0.137. The third-order valence-electron chi connectivity index (χ3n) is 5.40. The Morgan fingerprint density at radius 1 is 1.06 bits per heavy atom. The van der Waals surface area contributed by atoms with E-state index in [4.69, 9.17) is 11.6 Å². The second-order valence-electron chi connectivity index (χ2n) is 7.60. The molecule has 2 aromatic carbocycles. The lowest BCUT2D eigenvalue weighted by Crippen LogP contribution is -2.57. The zero-order chi connectivity index (χ0) is 25.0. The molecule has 34 heavy (non-hydrogen) atoms. The lowest BCUT2D eigenvalue weighted by Gasteiger charge is -2.33. The number of imide groups is 1. The van der Waals surface area contributed by atoms with E-state index in [1.807, 2.05) is 0 Å². The van der Waals surface area contributed by atoms with Gasteiger partial charge in [0.05, 0.1) is 32.7 Å². The van der Waals surface area contributed by atoms with E-state index in [9.17, 15) is 41.1 Å². The van der Waals surface area contributed by atoms with Crippen LogP contribution in [-0.4, -0.2) is 48.4 Å². The highest BCUT2D eigenvalue weighted by molar-refractivity contribution is 7.92. The van der Waals surface area contributed by atoms with Crippen molar-refractivity contribution in [2.24, 2.45) is 0 Å². The number of carbonyl (C=O) groups excluding carboxylic acids is 3. The predicted molar refractivity (Wildman–Crippen MR) is 111 cm³/mol. The molecule has 2 heterocycles. The molecule has 3 N–H and O–H groups in total. The normalized spacial score (nSPS) is 20.9. The van der Waals surface area contributed by atoms with E-state index in [1.54, 1.807) is 0 Å². The Morgan fingerprint density at radius 3 is 2.38 bits per heavy atom. The van der Waals surface area contributed by atoms with E-state index < -0.39 is 61.7 Å². The van der Waals surface area contributed by atoms with Crippen molar-refractivity contribution < 1.29 is 41.1 Å². The summed E-state index contributed by atoms with van der Waals surface area (Å²) in [5, 5.41) is 11.7. The summed E-state index contributed by atoms with van der Waals surface area (Å²) in [5.41, 5.74) is -1.73. The molecule has 3 amide bonds. The minimum Gasteiger partial charge on any atom is -0.372 e. The van der Waals surface area contributed by atoms with Gasteiger partial charge in [-0.3, -0.25) is 24.0 Å². The minimum atomic E-state index is -4.88. The number of amides is 3. The largest absolute Gasteiger partial charge is 0.417 e. The SMILES string of the molecule is O=C1CCC(N2C(=O)c3ccc(NS(=O)(=O)c4ccc(Cl)c(C(F)(F)F)c4)cc3C2=O)C(O)N1. The molecule has 9 nitrogen and oxygen atoms in total. The molecule has 0 radical (unpaired) electrons. The van der Waals surface area contributed by atoms with Crippen LogP contribution in [0.3, 0.4) is 0 Å². The summed E-state index contributed by atoms with van der Waals surface area (Å²) in [4.78, 5) is 37.1. The highest BCUT2D eigenvalue weighted by atomic mass is 35.5. The fourth-order valence-corrected chi connectivity index (χ4v) is 5.07. The Morgan fingerprint density at radius 2 is 1.74 bits per heavy atom. The van der Waals surface area contributed by atoms with Gasteiger partial charge in [-0.2, -0.15) is 13.2 Å². The molecular weight excluding hydrogens is 503 g/mol. The van der Waals surface area contributed by atoms with Gasteiger partial charge in [-0.25, -0.2) is 8.42 Å². The Bertz CT molecular complexity index is 1330. The van der Waals surface area contributed by atoms with Crippen molar-refractivity contribution in [2.75, 3.05) is 4.72 Å². The van der Waals surface area contributed by atoms with Gasteiger partial charge >= 0.3 is 6.18 Å². The summed E-state index contributed by atoms with van der Waals surface area (Å²) in [7, 11) is -4.52. The number of nitrogens with zero attached hydrogens (tertiary/aromatic N) is 1. The van der Waals surface area contributed by atoms with Crippen molar-refractivity contribution in [3.63, 3.8) is 0 Å². The highest BCUT2D eigenvalue weighted by Crippen LogP contribution is 2.36. The van der Waals surface area contributed by atoms with Crippen molar-refractivity contribution in [3.8, 4) is 0 Å². The molecule has 1 fully saturated rings. The number of piperidine rings is 1. The molecule has 2 aliphatic heterocycles. The monoisotopic (exact) mass is 517 g/mol. The van der Waals surface area contributed by atoms with Crippen molar-refractivity contribution in [2.45, 2.75) is 36.2 Å². The van der Waals surface area contributed by atoms with Gasteiger partial charge in [-0.1, -0.05) is 11.6 Å². The maximum Gasteiger partial charge on any atom is 0.417 e. The van der Waals surface area contributed by atoms with Crippen molar-refractivity contribution in [3.05, 3.63) is 58.1 Å². The third-order valence-corrected chi connectivity index (χ3v) is 7.10. The summed E-state index contributed by atoms with van der Waals surface area (Å²) in [6.07, 6.45) is -6.32. The van der Waals surface area contributed by atoms with Crippen LogP contribution in [0.5, 0.6) is 0 Å². The summed E-state index contributed by atoms with van der Waals surface area (Å²) < 4.78 is 66.7. The second kappa shape index (κ2) is 8.25. The van der Waals surface area contributed by atoms with Gasteiger partial charge in [0, 0.05) is 12.1 Å². The van der Waals surface area contributed by atoms with Crippen LogP contribution >= 0.6 is 11.6 Å². The first kappa shape index (κ1) is 24.0. The molecule has 0 aliphatic carbocycles. The number of nitrogens with one attached hydrogen (secondary N) is 2.